The standard InChI is InChI=1S/C33H43N3O5S/c1-8-28(32(38)34-33(4,5)6)35(21-20-26-12-10-9-11-13-26)31(37)23-36(29-22-25(3)16-19-30(29)41-7)42(39,40)27-17-14-24(2)15-18-27/h9-19,22,28H,8,20-21,23H2,1-7H3,(H,34,38). The predicted molar refractivity (Wildman–Crippen MR) is 167 cm³/mol. The van der Waals surface area contributed by atoms with Gasteiger partial charge in [0.05, 0.1) is 17.7 Å². The molecule has 1 unspecified atom stereocenters. The quantitative estimate of drug-likeness (QED) is 0.309. The number of carbonyl (C=O) groups is 2. The first-order chi connectivity index (χ1) is 19.8. The van der Waals surface area contributed by atoms with Crippen molar-refractivity contribution in [2.75, 3.05) is 24.5 Å². The lowest BCUT2D eigenvalue weighted by molar-refractivity contribution is -0.140. The van der Waals surface area contributed by atoms with E-state index in [0.717, 1.165) is 21.0 Å². The minimum Gasteiger partial charge on any atom is -0.495 e. The maximum absolute atomic E-state index is 14.2. The highest BCUT2D eigenvalue weighted by molar-refractivity contribution is 7.92. The van der Waals surface area contributed by atoms with Gasteiger partial charge in [-0.1, -0.05) is 61.0 Å². The predicted octanol–water partition coefficient (Wildman–Crippen LogP) is 5.27. The monoisotopic (exact) mass is 593 g/mol. The molecule has 0 bridgehead atoms. The molecule has 3 aromatic carbocycles. The minimum absolute atomic E-state index is 0.0535. The Morgan fingerprint density at radius 3 is 2.12 bits per heavy atom. The van der Waals surface area contributed by atoms with E-state index in [4.69, 9.17) is 4.74 Å². The van der Waals surface area contributed by atoms with Crippen molar-refractivity contribution in [1.82, 2.24) is 10.2 Å². The molecule has 0 aliphatic heterocycles. The number of ether oxygens (including phenoxy) is 1. The fourth-order valence-electron chi connectivity index (χ4n) is 4.69. The van der Waals surface area contributed by atoms with Gasteiger partial charge < -0.3 is 15.0 Å². The van der Waals surface area contributed by atoms with Crippen molar-refractivity contribution in [3.8, 4) is 5.75 Å². The maximum Gasteiger partial charge on any atom is 0.264 e. The highest BCUT2D eigenvalue weighted by atomic mass is 32.2. The minimum atomic E-state index is -4.19. The number of anilines is 1. The number of benzene rings is 3. The third-order valence-corrected chi connectivity index (χ3v) is 8.63. The Kier molecular flexibility index (Phi) is 10.8. The molecule has 0 fully saturated rings. The summed E-state index contributed by atoms with van der Waals surface area (Å²) in [5, 5.41) is 2.99. The van der Waals surface area contributed by atoms with Gasteiger partial charge in [-0.15, -0.1) is 0 Å². The molecule has 3 rings (SSSR count). The summed E-state index contributed by atoms with van der Waals surface area (Å²) in [7, 11) is -2.73. The van der Waals surface area contributed by atoms with E-state index in [1.54, 1.807) is 24.3 Å². The Morgan fingerprint density at radius 2 is 1.55 bits per heavy atom. The third kappa shape index (κ3) is 8.35. The van der Waals surface area contributed by atoms with E-state index in [1.807, 2.05) is 77.9 Å². The summed E-state index contributed by atoms with van der Waals surface area (Å²) in [6, 6.07) is 20.6. The number of nitrogens with zero attached hydrogens (tertiary/aromatic N) is 2. The van der Waals surface area contributed by atoms with E-state index in [2.05, 4.69) is 5.32 Å². The summed E-state index contributed by atoms with van der Waals surface area (Å²) in [6.07, 6.45) is 0.866. The summed E-state index contributed by atoms with van der Waals surface area (Å²) >= 11 is 0. The van der Waals surface area contributed by atoms with Crippen molar-refractivity contribution in [2.24, 2.45) is 0 Å². The first kappa shape index (κ1) is 32.7. The maximum atomic E-state index is 14.2. The lowest BCUT2D eigenvalue weighted by Crippen LogP contribution is -2.56. The van der Waals surface area contributed by atoms with Gasteiger partial charge in [0.25, 0.3) is 10.0 Å². The zero-order valence-corrected chi connectivity index (χ0v) is 26.5. The van der Waals surface area contributed by atoms with Crippen molar-refractivity contribution in [2.45, 2.75) is 70.9 Å². The molecule has 1 atom stereocenters. The molecule has 3 aromatic rings. The molecule has 2 amide bonds. The molecule has 0 saturated carbocycles. The first-order valence-electron chi connectivity index (χ1n) is 14.2. The van der Waals surface area contributed by atoms with Crippen LogP contribution in [0.3, 0.4) is 0 Å². The van der Waals surface area contributed by atoms with Gasteiger partial charge in [-0.3, -0.25) is 13.9 Å². The number of amides is 2. The van der Waals surface area contributed by atoms with Crippen LogP contribution >= 0.6 is 0 Å². The second kappa shape index (κ2) is 13.9. The fraction of sp³-hybridized carbons (Fsp3) is 0.394. The Balaban J connectivity index is 2.09. The number of nitrogens with one attached hydrogen (secondary N) is 1. The Labute approximate surface area is 250 Å². The number of rotatable bonds is 12. The summed E-state index contributed by atoms with van der Waals surface area (Å²) < 4.78 is 34.9. The highest BCUT2D eigenvalue weighted by Gasteiger charge is 2.35. The molecule has 1 N–H and O–H groups in total. The molecule has 0 aromatic heterocycles. The number of sulfonamides is 1. The van der Waals surface area contributed by atoms with E-state index >= 15 is 0 Å². The normalized spacial score (nSPS) is 12.4. The number of carbonyl (C=O) groups excluding carboxylic acids is 2. The molecular weight excluding hydrogens is 550 g/mol. The first-order valence-corrected chi connectivity index (χ1v) is 15.6. The fourth-order valence-corrected chi connectivity index (χ4v) is 6.11. The molecule has 0 saturated heterocycles. The Bertz CT molecular complexity index is 1470. The van der Waals surface area contributed by atoms with Gasteiger partial charge in [0.2, 0.25) is 11.8 Å². The van der Waals surface area contributed by atoms with Crippen LogP contribution in [0.5, 0.6) is 5.75 Å². The van der Waals surface area contributed by atoms with Gasteiger partial charge in [0, 0.05) is 12.1 Å². The average Bonchev–Trinajstić information content (AvgIpc) is 2.93. The van der Waals surface area contributed by atoms with Crippen LogP contribution in [-0.4, -0.2) is 56.9 Å². The van der Waals surface area contributed by atoms with Gasteiger partial charge in [0.15, 0.2) is 0 Å². The zero-order valence-electron chi connectivity index (χ0n) is 25.7. The van der Waals surface area contributed by atoms with Crippen LogP contribution in [0.25, 0.3) is 0 Å². The molecule has 8 nitrogen and oxygen atoms in total. The number of methoxy groups -OCH3 is 1. The van der Waals surface area contributed by atoms with Gasteiger partial charge in [0.1, 0.15) is 18.3 Å². The average molecular weight is 594 g/mol. The molecule has 0 aliphatic rings. The van der Waals surface area contributed by atoms with E-state index in [9.17, 15) is 18.0 Å². The molecule has 0 heterocycles. The number of hydrogen-bond donors (Lipinski definition) is 1. The van der Waals surface area contributed by atoms with E-state index in [0.29, 0.717) is 18.6 Å². The molecular formula is C33H43N3O5S. The van der Waals surface area contributed by atoms with E-state index in [1.165, 1.54) is 24.1 Å². The van der Waals surface area contributed by atoms with Crippen LogP contribution in [0.15, 0.2) is 77.7 Å². The zero-order chi connectivity index (χ0) is 31.1. The third-order valence-electron chi connectivity index (χ3n) is 6.86. The largest absolute Gasteiger partial charge is 0.495 e. The molecule has 0 spiro atoms. The smallest absolute Gasteiger partial charge is 0.264 e. The highest BCUT2D eigenvalue weighted by Crippen LogP contribution is 2.34. The number of aryl methyl sites for hydroxylation is 2. The summed E-state index contributed by atoms with van der Waals surface area (Å²) in [5.41, 5.74) is 2.47. The summed E-state index contributed by atoms with van der Waals surface area (Å²) in [6.45, 7) is 10.9. The van der Waals surface area contributed by atoms with Crippen LogP contribution in [0.2, 0.25) is 0 Å². The van der Waals surface area contributed by atoms with Gasteiger partial charge in [-0.25, -0.2) is 8.42 Å². The summed E-state index contributed by atoms with van der Waals surface area (Å²) in [4.78, 5) is 29.2. The van der Waals surface area contributed by atoms with Crippen LogP contribution < -0.4 is 14.4 Å². The van der Waals surface area contributed by atoms with Gasteiger partial charge in [-0.05, 0) is 82.9 Å². The lowest BCUT2D eigenvalue weighted by atomic mass is 10.1. The second-order valence-electron chi connectivity index (χ2n) is 11.5. The van der Waals surface area contributed by atoms with Crippen LogP contribution in [0, 0.1) is 13.8 Å². The molecule has 9 heteroatoms. The second-order valence-corrected chi connectivity index (χ2v) is 13.3. The van der Waals surface area contributed by atoms with Crippen molar-refractivity contribution < 1.29 is 22.7 Å². The van der Waals surface area contributed by atoms with Gasteiger partial charge >= 0.3 is 0 Å². The molecule has 0 aliphatic carbocycles. The lowest BCUT2D eigenvalue weighted by Gasteiger charge is -2.35. The van der Waals surface area contributed by atoms with E-state index < -0.39 is 34.1 Å². The van der Waals surface area contributed by atoms with Crippen molar-refractivity contribution >= 4 is 27.5 Å². The Hall–Kier alpha value is -3.85. The number of hydrogen-bond acceptors (Lipinski definition) is 5. The van der Waals surface area contributed by atoms with Crippen molar-refractivity contribution in [1.29, 1.82) is 0 Å². The van der Waals surface area contributed by atoms with Crippen molar-refractivity contribution in [3.05, 3.63) is 89.5 Å². The summed E-state index contributed by atoms with van der Waals surface area (Å²) in [5.74, 6) is -0.453. The topological polar surface area (TPSA) is 96.0 Å². The van der Waals surface area contributed by atoms with Crippen molar-refractivity contribution in [3.63, 3.8) is 0 Å². The Morgan fingerprint density at radius 1 is 0.929 bits per heavy atom. The molecule has 226 valence electrons. The van der Waals surface area contributed by atoms with E-state index in [-0.39, 0.29) is 23.0 Å². The van der Waals surface area contributed by atoms with Crippen LogP contribution in [-0.2, 0) is 26.0 Å². The molecule has 42 heavy (non-hydrogen) atoms. The molecule has 0 radical (unpaired) electrons. The van der Waals surface area contributed by atoms with Gasteiger partial charge in [-0.2, -0.15) is 0 Å². The van der Waals surface area contributed by atoms with Crippen LogP contribution in [0.4, 0.5) is 5.69 Å². The SMILES string of the molecule is CCC(C(=O)NC(C)(C)C)N(CCc1ccccc1)C(=O)CN(c1cc(C)ccc1OC)S(=O)(=O)c1ccc(C)cc1. The van der Waals surface area contributed by atoms with Crippen LogP contribution in [0.1, 0.15) is 50.8 Å².